The van der Waals surface area contributed by atoms with E-state index in [0.717, 1.165) is 92.1 Å². The lowest BCUT2D eigenvalue weighted by atomic mass is 10.1. The molecule has 4 aromatic rings. The minimum absolute atomic E-state index is 0.532. The first-order valence-electron chi connectivity index (χ1n) is 13.2. The quantitative estimate of drug-likeness (QED) is 0.245. The van der Waals surface area contributed by atoms with Crippen molar-refractivity contribution < 1.29 is 4.74 Å². The average Bonchev–Trinajstić information content (AvgIpc) is 3.56. The highest BCUT2D eigenvalue weighted by Gasteiger charge is 2.15. The van der Waals surface area contributed by atoms with Crippen molar-refractivity contribution in [2.75, 3.05) is 44.7 Å². The summed E-state index contributed by atoms with van der Waals surface area (Å²) in [6.07, 6.45) is 12.4. The van der Waals surface area contributed by atoms with Crippen molar-refractivity contribution in [3.8, 4) is 29.5 Å². The zero-order valence-corrected chi connectivity index (χ0v) is 21.6. The third-order valence-electron chi connectivity index (χ3n) is 6.89. The number of anilines is 1. The van der Waals surface area contributed by atoms with Gasteiger partial charge in [-0.05, 0) is 68.8 Å². The maximum Gasteiger partial charge on any atom is 0.138 e. The zero-order valence-electron chi connectivity index (χ0n) is 21.6. The van der Waals surface area contributed by atoms with Gasteiger partial charge in [-0.2, -0.15) is 0 Å². The fraction of sp³-hybridized carbons (Fsp3) is 0.414. The maximum absolute atomic E-state index is 5.94. The van der Waals surface area contributed by atoms with Gasteiger partial charge >= 0.3 is 0 Å². The van der Waals surface area contributed by atoms with E-state index in [1.54, 1.807) is 0 Å². The van der Waals surface area contributed by atoms with Gasteiger partial charge in [-0.15, -0.1) is 17.4 Å². The van der Waals surface area contributed by atoms with Crippen molar-refractivity contribution in [2.45, 2.75) is 38.6 Å². The number of nitrogens with one attached hydrogen (secondary N) is 1. The number of hydrogen-bond donors (Lipinski definition) is 1. The Kier molecular flexibility index (Phi) is 8.02. The van der Waals surface area contributed by atoms with E-state index in [1.807, 2.05) is 35.1 Å². The van der Waals surface area contributed by atoms with Gasteiger partial charge in [-0.1, -0.05) is 11.6 Å². The van der Waals surface area contributed by atoms with Crippen molar-refractivity contribution in [1.29, 1.82) is 0 Å². The van der Waals surface area contributed by atoms with E-state index in [-0.39, 0.29) is 0 Å². The van der Waals surface area contributed by atoms with Gasteiger partial charge in [0.25, 0.3) is 0 Å². The van der Waals surface area contributed by atoms with Crippen LogP contribution in [-0.2, 0) is 13.0 Å². The molecule has 0 radical (unpaired) electrons. The van der Waals surface area contributed by atoms with E-state index < -0.39 is 0 Å². The van der Waals surface area contributed by atoms with E-state index in [1.165, 1.54) is 5.69 Å². The van der Waals surface area contributed by atoms with E-state index in [2.05, 4.69) is 56.3 Å². The molecule has 0 amide bonds. The fourth-order valence-electron chi connectivity index (χ4n) is 4.63. The molecular weight excluding hydrogens is 462 g/mol. The second-order valence-corrected chi connectivity index (χ2v) is 9.69. The van der Waals surface area contributed by atoms with Crippen LogP contribution in [0.1, 0.15) is 31.4 Å². The first kappa shape index (κ1) is 24.8. The van der Waals surface area contributed by atoms with Gasteiger partial charge < -0.3 is 19.5 Å². The molecule has 8 heteroatoms. The molecule has 192 valence electrons. The molecule has 1 aliphatic heterocycles. The number of ether oxygens (including phenoxy) is 1. The van der Waals surface area contributed by atoms with Crippen molar-refractivity contribution in [1.82, 2.24) is 29.9 Å². The van der Waals surface area contributed by atoms with Crippen LogP contribution in [0.4, 0.5) is 5.69 Å². The lowest BCUT2D eigenvalue weighted by Gasteiger charge is -2.34. The van der Waals surface area contributed by atoms with E-state index in [0.29, 0.717) is 13.2 Å². The molecule has 2 aromatic carbocycles. The van der Waals surface area contributed by atoms with Crippen LogP contribution >= 0.6 is 0 Å². The Bertz CT molecular complexity index is 1330. The van der Waals surface area contributed by atoms with Crippen LogP contribution in [0.3, 0.4) is 0 Å². The normalized spacial score (nSPS) is 14.2. The van der Waals surface area contributed by atoms with Gasteiger partial charge in [0.2, 0.25) is 0 Å². The largest absolute Gasteiger partial charge is 0.492 e. The summed E-state index contributed by atoms with van der Waals surface area (Å²) in [6, 6.07) is 14.6. The number of terminal acetylenes is 1. The first-order valence-corrected chi connectivity index (χ1v) is 13.2. The molecule has 1 N–H and O–H groups in total. The lowest BCUT2D eigenvalue weighted by Crippen LogP contribution is -2.44. The third-order valence-corrected chi connectivity index (χ3v) is 6.89. The highest BCUT2D eigenvalue weighted by atomic mass is 16.5. The number of aryl methyl sites for hydroxylation is 1. The summed E-state index contributed by atoms with van der Waals surface area (Å²) in [5.41, 5.74) is 5.35. The molecule has 3 heterocycles. The molecule has 0 saturated carbocycles. The maximum atomic E-state index is 5.94. The van der Waals surface area contributed by atoms with Crippen LogP contribution < -0.4 is 9.64 Å². The molecule has 1 aliphatic rings. The predicted molar refractivity (Wildman–Crippen MR) is 148 cm³/mol. The standard InChI is InChI=1S/C29H35N7O/c1-3-4-5-6-7-8-24-22-36(33-32-24)19-20-37-26-12-9-23(10-13-26)29-30-27-14-11-25(21-28(27)31-29)35-17-15-34(2)16-18-35/h1,9-14,21-22H,4-8,15-20H2,2H3,(H,30,31). The molecule has 1 fully saturated rings. The Morgan fingerprint density at radius 2 is 1.86 bits per heavy atom. The molecule has 8 nitrogen and oxygen atoms in total. The summed E-state index contributed by atoms with van der Waals surface area (Å²) in [4.78, 5) is 13.1. The number of imidazole rings is 1. The third kappa shape index (κ3) is 6.49. The van der Waals surface area contributed by atoms with E-state index in [4.69, 9.17) is 16.1 Å². The van der Waals surface area contributed by atoms with Crippen LogP contribution in [0.5, 0.6) is 5.75 Å². The number of benzene rings is 2. The number of piperazine rings is 1. The number of aromatic nitrogens is 5. The van der Waals surface area contributed by atoms with Crippen LogP contribution in [0.2, 0.25) is 0 Å². The topological polar surface area (TPSA) is 75.1 Å². The van der Waals surface area contributed by atoms with E-state index in [9.17, 15) is 0 Å². The number of nitrogens with zero attached hydrogens (tertiary/aromatic N) is 6. The second kappa shape index (κ2) is 11.9. The van der Waals surface area contributed by atoms with Gasteiger partial charge in [0.1, 0.15) is 18.2 Å². The number of fused-ring (bicyclic) bond motifs is 1. The average molecular weight is 498 g/mol. The second-order valence-electron chi connectivity index (χ2n) is 9.69. The van der Waals surface area contributed by atoms with Gasteiger partial charge in [-0.25, -0.2) is 9.67 Å². The van der Waals surface area contributed by atoms with Crippen molar-refractivity contribution >= 4 is 16.7 Å². The highest BCUT2D eigenvalue weighted by molar-refractivity contribution is 5.83. The summed E-state index contributed by atoms with van der Waals surface area (Å²) in [5.74, 6) is 4.38. The molecule has 0 atom stereocenters. The number of likely N-dealkylation sites (N-methyl/N-ethyl adjacent to an activating group) is 1. The van der Waals surface area contributed by atoms with Crippen molar-refractivity contribution in [2.24, 2.45) is 0 Å². The zero-order chi connectivity index (χ0) is 25.5. The summed E-state index contributed by atoms with van der Waals surface area (Å²) >= 11 is 0. The molecule has 0 unspecified atom stereocenters. The summed E-state index contributed by atoms with van der Waals surface area (Å²) < 4.78 is 7.78. The number of rotatable bonds is 11. The molecule has 2 aromatic heterocycles. The molecule has 37 heavy (non-hydrogen) atoms. The Balaban J connectivity index is 1.12. The predicted octanol–water partition coefficient (Wildman–Crippen LogP) is 4.39. The molecule has 1 saturated heterocycles. The smallest absolute Gasteiger partial charge is 0.138 e. The Labute approximate surface area is 218 Å². The number of H-pyrrole nitrogens is 1. The SMILES string of the molecule is C#CCCCCCc1cn(CCOc2ccc(-c3nc4ccc(N5CCN(C)CC5)cc4[nH]3)cc2)nn1. The molecule has 0 bridgehead atoms. The number of aromatic amines is 1. The number of unbranched alkanes of at least 4 members (excludes halogenated alkanes) is 3. The van der Waals surface area contributed by atoms with Crippen LogP contribution in [0, 0.1) is 12.3 Å². The van der Waals surface area contributed by atoms with Crippen LogP contribution in [0.15, 0.2) is 48.7 Å². The van der Waals surface area contributed by atoms with Gasteiger partial charge in [-0.3, -0.25) is 0 Å². The van der Waals surface area contributed by atoms with Gasteiger partial charge in [0.15, 0.2) is 0 Å². The minimum Gasteiger partial charge on any atom is -0.492 e. The van der Waals surface area contributed by atoms with Crippen molar-refractivity contribution in [3.05, 3.63) is 54.4 Å². The van der Waals surface area contributed by atoms with Gasteiger partial charge in [0.05, 0.1) is 23.3 Å². The summed E-state index contributed by atoms with van der Waals surface area (Å²) in [5, 5.41) is 8.47. The van der Waals surface area contributed by atoms with Crippen molar-refractivity contribution in [3.63, 3.8) is 0 Å². The molecule has 0 aliphatic carbocycles. The van der Waals surface area contributed by atoms with Crippen LogP contribution in [-0.4, -0.2) is 69.7 Å². The Morgan fingerprint density at radius 3 is 2.68 bits per heavy atom. The molecule has 0 spiro atoms. The van der Waals surface area contributed by atoms with E-state index >= 15 is 0 Å². The Hall–Kier alpha value is -3.83. The van der Waals surface area contributed by atoms with Crippen LogP contribution in [0.25, 0.3) is 22.4 Å². The summed E-state index contributed by atoms with van der Waals surface area (Å²) in [6.45, 7) is 5.48. The van der Waals surface area contributed by atoms with Gasteiger partial charge in [0, 0.05) is 50.0 Å². The lowest BCUT2D eigenvalue weighted by molar-refractivity contribution is 0.290. The summed E-state index contributed by atoms with van der Waals surface area (Å²) in [7, 11) is 2.18. The Morgan fingerprint density at radius 1 is 1.03 bits per heavy atom. The minimum atomic E-state index is 0.532. The molecule has 5 rings (SSSR count). The molecular formula is C29H35N7O. The number of hydrogen-bond acceptors (Lipinski definition) is 6. The monoisotopic (exact) mass is 497 g/mol. The highest BCUT2D eigenvalue weighted by Crippen LogP contribution is 2.26. The fourth-order valence-corrected chi connectivity index (χ4v) is 4.63. The first-order chi connectivity index (χ1) is 18.2.